The highest BCUT2D eigenvalue weighted by Crippen LogP contribution is 2.34. The quantitative estimate of drug-likeness (QED) is 0.755. The topological polar surface area (TPSA) is 35.0 Å². The smallest absolute Gasteiger partial charge is 0.192 e. The van der Waals surface area contributed by atoms with Gasteiger partial charge in [0.25, 0.3) is 0 Å². The Kier molecular flexibility index (Phi) is 3.83. The van der Waals surface area contributed by atoms with Gasteiger partial charge in [0, 0.05) is 28.6 Å². The maximum Gasteiger partial charge on any atom is 0.192 e. The number of halogens is 2. The molecule has 1 aromatic carbocycles. The van der Waals surface area contributed by atoms with E-state index in [-0.39, 0.29) is 0 Å². The van der Waals surface area contributed by atoms with Crippen molar-refractivity contribution in [1.29, 1.82) is 0 Å². The van der Waals surface area contributed by atoms with Crippen LogP contribution in [0.1, 0.15) is 11.4 Å². The van der Waals surface area contributed by atoms with Gasteiger partial charge in [0.15, 0.2) is 23.0 Å². The Labute approximate surface area is 119 Å². The van der Waals surface area contributed by atoms with Gasteiger partial charge in [-0.15, -0.1) is 0 Å². The van der Waals surface area contributed by atoms with Crippen LogP contribution in [-0.4, -0.2) is 9.97 Å². The summed E-state index contributed by atoms with van der Waals surface area (Å²) in [6.07, 6.45) is 1.56. The van der Waals surface area contributed by atoms with Crippen molar-refractivity contribution >= 4 is 34.6 Å². The fourth-order valence-corrected chi connectivity index (χ4v) is 2.27. The van der Waals surface area contributed by atoms with E-state index in [1.807, 2.05) is 49.0 Å². The van der Waals surface area contributed by atoms with Gasteiger partial charge in [0.2, 0.25) is 0 Å². The second kappa shape index (κ2) is 5.18. The second-order valence-electron chi connectivity index (χ2n) is 3.64. The summed E-state index contributed by atoms with van der Waals surface area (Å²) in [5.74, 6) is 0.728. The van der Waals surface area contributed by atoms with Crippen LogP contribution in [-0.2, 0) is 0 Å². The van der Waals surface area contributed by atoms with E-state index in [4.69, 9.17) is 14.7 Å². The number of hydrogen-bond acceptors (Lipinski definition) is 3. The van der Waals surface area contributed by atoms with E-state index in [0.29, 0.717) is 5.02 Å². The first-order chi connectivity index (χ1) is 8.13. The molecule has 17 heavy (non-hydrogen) atoms. The molecular weight excluding hydrogens is 351 g/mol. The minimum absolute atomic E-state index is 0.639. The number of rotatable bonds is 2. The number of benzene rings is 1. The molecule has 0 saturated heterocycles. The Bertz CT molecular complexity index is 540. The monoisotopic (exact) mass is 360 g/mol. The lowest BCUT2D eigenvalue weighted by Crippen LogP contribution is -1.95. The molecular formula is C12H10ClIN2O. The number of hydrogen-bond donors (Lipinski definition) is 0. The van der Waals surface area contributed by atoms with E-state index in [2.05, 4.69) is 9.97 Å². The number of nitrogens with zero attached hydrogens (tertiary/aromatic N) is 2. The summed E-state index contributed by atoms with van der Waals surface area (Å²) in [5, 5.41) is 0.639. The Morgan fingerprint density at radius 3 is 2.35 bits per heavy atom. The molecule has 1 aromatic heterocycles. The van der Waals surface area contributed by atoms with Crippen molar-refractivity contribution in [2.45, 2.75) is 13.8 Å². The van der Waals surface area contributed by atoms with Gasteiger partial charge < -0.3 is 3.07 Å². The van der Waals surface area contributed by atoms with Crippen molar-refractivity contribution in [3.05, 3.63) is 40.9 Å². The molecule has 0 unspecified atom stereocenters. The molecule has 1 heterocycles. The molecule has 5 heteroatoms. The highest BCUT2D eigenvalue weighted by molar-refractivity contribution is 14.1. The molecule has 0 saturated carbocycles. The third-order valence-corrected chi connectivity index (χ3v) is 3.35. The van der Waals surface area contributed by atoms with Gasteiger partial charge in [-0.05, 0) is 26.0 Å². The molecule has 0 aliphatic rings. The van der Waals surface area contributed by atoms with Crippen molar-refractivity contribution in [2.75, 3.05) is 0 Å². The van der Waals surface area contributed by atoms with Crippen LogP contribution in [0.15, 0.2) is 24.5 Å². The molecule has 0 radical (unpaired) electrons. The fraction of sp³-hybridized carbons (Fsp3) is 0.167. The molecule has 0 N–H and O–H groups in total. The van der Waals surface area contributed by atoms with Crippen LogP contribution in [0.2, 0.25) is 5.02 Å². The lowest BCUT2D eigenvalue weighted by molar-refractivity contribution is 0.717. The normalized spacial score (nSPS) is 10.4. The molecule has 2 rings (SSSR count). The summed E-state index contributed by atoms with van der Waals surface area (Å²) < 4.78 is 5.10. The van der Waals surface area contributed by atoms with Crippen molar-refractivity contribution in [2.24, 2.45) is 0 Å². The Hall–Kier alpha value is -0.880. The predicted molar refractivity (Wildman–Crippen MR) is 76.6 cm³/mol. The molecule has 2 aromatic rings. The summed E-state index contributed by atoms with van der Waals surface area (Å²) in [6.45, 7) is 3.90. The van der Waals surface area contributed by atoms with E-state index in [1.54, 1.807) is 12.4 Å². The summed E-state index contributed by atoms with van der Waals surface area (Å²) in [5.41, 5.74) is 3.75. The second-order valence-corrected chi connectivity index (χ2v) is 4.49. The SMILES string of the molecule is Cc1ncnc(C)c1-c1ccc(OI)cc1Cl. The standard InChI is InChI=1S/C12H10ClIN2O/c1-7-12(8(2)16-6-15-7)10-4-3-9(17-14)5-11(10)13/h3-6H,1-2H3. The van der Waals surface area contributed by atoms with Crippen LogP contribution in [0, 0.1) is 13.8 Å². The highest BCUT2D eigenvalue weighted by Gasteiger charge is 2.11. The van der Waals surface area contributed by atoms with E-state index in [1.165, 1.54) is 0 Å². The van der Waals surface area contributed by atoms with Gasteiger partial charge in [-0.1, -0.05) is 11.6 Å². The zero-order valence-corrected chi connectivity index (χ0v) is 12.3. The Balaban J connectivity index is 2.61. The zero-order chi connectivity index (χ0) is 12.4. The van der Waals surface area contributed by atoms with Gasteiger partial charge in [-0.25, -0.2) is 9.97 Å². The number of aromatic nitrogens is 2. The minimum atomic E-state index is 0.639. The average molecular weight is 361 g/mol. The molecule has 0 aliphatic carbocycles. The largest absolute Gasteiger partial charge is 0.428 e. The van der Waals surface area contributed by atoms with Crippen LogP contribution in [0.3, 0.4) is 0 Å². The van der Waals surface area contributed by atoms with E-state index in [0.717, 1.165) is 28.3 Å². The lowest BCUT2D eigenvalue weighted by Gasteiger charge is -2.10. The summed E-state index contributed by atoms with van der Waals surface area (Å²) in [7, 11) is 0. The van der Waals surface area contributed by atoms with Crippen LogP contribution in [0.5, 0.6) is 5.75 Å². The first kappa shape index (κ1) is 12.6. The molecule has 88 valence electrons. The van der Waals surface area contributed by atoms with Crippen LogP contribution in [0.4, 0.5) is 0 Å². The van der Waals surface area contributed by atoms with Crippen molar-refractivity contribution in [1.82, 2.24) is 9.97 Å². The lowest BCUT2D eigenvalue weighted by atomic mass is 10.0. The maximum absolute atomic E-state index is 6.25. The predicted octanol–water partition coefficient (Wildman–Crippen LogP) is 4.14. The Morgan fingerprint density at radius 1 is 1.18 bits per heavy atom. The summed E-state index contributed by atoms with van der Waals surface area (Å²) >= 11 is 8.07. The van der Waals surface area contributed by atoms with Crippen molar-refractivity contribution in [3.8, 4) is 16.9 Å². The van der Waals surface area contributed by atoms with Crippen LogP contribution < -0.4 is 3.07 Å². The van der Waals surface area contributed by atoms with Crippen molar-refractivity contribution in [3.63, 3.8) is 0 Å². The Morgan fingerprint density at radius 2 is 1.82 bits per heavy atom. The fourth-order valence-electron chi connectivity index (χ4n) is 1.73. The van der Waals surface area contributed by atoms with Crippen molar-refractivity contribution < 1.29 is 3.07 Å². The molecule has 0 amide bonds. The zero-order valence-electron chi connectivity index (χ0n) is 9.37. The van der Waals surface area contributed by atoms with Gasteiger partial charge in [0.05, 0.1) is 5.02 Å². The van der Waals surface area contributed by atoms with Gasteiger partial charge >= 0.3 is 0 Å². The molecule has 3 nitrogen and oxygen atoms in total. The third-order valence-electron chi connectivity index (χ3n) is 2.53. The average Bonchev–Trinajstić information content (AvgIpc) is 2.30. The summed E-state index contributed by atoms with van der Waals surface area (Å²) in [6, 6.07) is 5.59. The molecule has 0 fully saturated rings. The molecule has 0 atom stereocenters. The molecule has 0 bridgehead atoms. The highest BCUT2D eigenvalue weighted by atomic mass is 127. The van der Waals surface area contributed by atoms with Gasteiger partial charge in [-0.2, -0.15) is 0 Å². The summed E-state index contributed by atoms with van der Waals surface area (Å²) in [4.78, 5) is 8.40. The minimum Gasteiger partial charge on any atom is -0.428 e. The molecule has 0 spiro atoms. The third kappa shape index (κ3) is 2.52. The van der Waals surface area contributed by atoms with Crippen LogP contribution >= 0.6 is 34.6 Å². The number of aryl methyl sites for hydroxylation is 2. The van der Waals surface area contributed by atoms with E-state index < -0.39 is 0 Å². The van der Waals surface area contributed by atoms with Gasteiger partial charge in [-0.3, -0.25) is 0 Å². The van der Waals surface area contributed by atoms with E-state index >= 15 is 0 Å². The maximum atomic E-state index is 6.25. The first-order valence-electron chi connectivity index (χ1n) is 5.00. The molecule has 0 aliphatic heterocycles. The van der Waals surface area contributed by atoms with E-state index in [9.17, 15) is 0 Å². The van der Waals surface area contributed by atoms with Gasteiger partial charge in [0.1, 0.15) is 12.1 Å². The van der Waals surface area contributed by atoms with Crippen LogP contribution in [0.25, 0.3) is 11.1 Å². The first-order valence-corrected chi connectivity index (χ1v) is 6.26.